The molecular formula is C21H24N2O3. The van der Waals surface area contributed by atoms with Crippen molar-refractivity contribution in [2.75, 3.05) is 19.7 Å². The highest BCUT2D eigenvalue weighted by molar-refractivity contribution is 5.89. The molecule has 26 heavy (non-hydrogen) atoms. The predicted octanol–water partition coefficient (Wildman–Crippen LogP) is 2.54. The topological polar surface area (TPSA) is 58.6 Å². The van der Waals surface area contributed by atoms with Crippen molar-refractivity contribution in [2.24, 2.45) is 5.92 Å². The fourth-order valence-corrected chi connectivity index (χ4v) is 3.03. The fourth-order valence-electron chi connectivity index (χ4n) is 3.03. The average molecular weight is 352 g/mol. The second-order valence-electron chi connectivity index (χ2n) is 6.61. The molecule has 0 aromatic heterocycles. The molecule has 5 heteroatoms. The Balaban J connectivity index is 1.41. The van der Waals surface area contributed by atoms with Crippen molar-refractivity contribution in [3.63, 3.8) is 0 Å². The molecular weight excluding hydrogens is 328 g/mol. The van der Waals surface area contributed by atoms with Crippen LogP contribution in [0.25, 0.3) is 0 Å². The molecule has 2 aromatic rings. The van der Waals surface area contributed by atoms with Crippen molar-refractivity contribution in [2.45, 2.75) is 19.9 Å². The van der Waals surface area contributed by atoms with Crippen LogP contribution in [0.5, 0.6) is 5.75 Å². The van der Waals surface area contributed by atoms with Gasteiger partial charge in [0.1, 0.15) is 12.4 Å². The summed E-state index contributed by atoms with van der Waals surface area (Å²) in [6, 6.07) is 17.6. The van der Waals surface area contributed by atoms with Crippen molar-refractivity contribution in [1.29, 1.82) is 0 Å². The van der Waals surface area contributed by atoms with Crippen molar-refractivity contribution in [3.05, 3.63) is 65.7 Å². The lowest BCUT2D eigenvalue weighted by Gasteiger charge is -2.16. The third kappa shape index (κ3) is 4.85. The molecule has 0 unspecified atom stereocenters. The molecule has 136 valence electrons. The van der Waals surface area contributed by atoms with E-state index in [0.717, 1.165) is 11.3 Å². The Bertz CT molecular complexity index is 744. The maximum Gasteiger partial charge on any atom is 0.225 e. The molecule has 1 saturated heterocycles. The maximum atomic E-state index is 12.3. The average Bonchev–Trinajstić information content (AvgIpc) is 3.01. The van der Waals surface area contributed by atoms with Crippen LogP contribution in [0.3, 0.4) is 0 Å². The standard InChI is InChI=1S/C21H24N2O3/c1-16-7-9-19(10-8-16)26-12-11-22-21(25)18-13-20(24)23(15-18)14-17-5-3-2-4-6-17/h2-10,18H,11-15H2,1H3,(H,22,25)/t18-/m1/s1. The van der Waals surface area contributed by atoms with E-state index in [1.807, 2.05) is 61.5 Å². The minimum atomic E-state index is -0.286. The molecule has 1 aliphatic heterocycles. The lowest BCUT2D eigenvalue weighted by molar-refractivity contribution is -0.129. The van der Waals surface area contributed by atoms with E-state index >= 15 is 0 Å². The van der Waals surface area contributed by atoms with Gasteiger partial charge < -0.3 is 15.0 Å². The monoisotopic (exact) mass is 352 g/mol. The molecule has 5 nitrogen and oxygen atoms in total. The van der Waals surface area contributed by atoms with Gasteiger partial charge in [-0.2, -0.15) is 0 Å². The summed E-state index contributed by atoms with van der Waals surface area (Å²) in [5, 5.41) is 2.87. The van der Waals surface area contributed by atoms with E-state index in [1.54, 1.807) is 4.90 Å². The van der Waals surface area contributed by atoms with E-state index in [0.29, 0.717) is 26.2 Å². The summed E-state index contributed by atoms with van der Waals surface area (Å²) in [5.41, 5.74) is 2.25. The van der Waals surface area contributed by atoms with Gasteiger partial charge in [-0.25, -0.2) is 0 Å². The summed E-state index contributed by atoms with van der Waals surface area (Å²) in [6.45, 7) is 3.88. The number of hydrogen-bond acceptors (Lipinski definition) is 3. The molecule has 1 heterocycles. The molecule has 0 bridgehead atoms. The summed E-state index contributed by atoms with van der Waals surface area (Å²) < 4.78 is 5.60. The van der Waals surface area contributed by atoms with Crippen LogP contribution < -0.4 is 10.1 Å². The molecule has 1 aliphatic rings. The Morgan fingerprint density at radius 1 is 1.15 bits per heavy atom. The van der Waals surface area contributed by atoms with Crippen molar-refractivity contribution >= 4 is 11.8 Å². The Morgan fingerprint density at radius 2 is 1.88 bits per heavy atom. The van der Waals surface area contributed by atoms with E-state index < -0.39 is 0 Å². The van der Waals surface area contributed by atoms with Crippen molar-refractivity contribution in [1.82, 2.24) is 10.2 Å². The highest BCUT2D eigenvalue weighted by Gasteiger charge is 2.33. The molecule has 1 atom stereocenters. The zero-order valence-electron chi connectivity index (χ0n) is 15.0. The normalized spacial score (nSPS) is 16.6. The van der Waals surface area contributed by atoms with Crippen LogP contribution in [0.15, 0.2) is 54.6 Å². The van der Waals surface area contributed by atoms with Crippen LogP contribution in [-0.4, -0.2) is 36.4 Å². The van der Waals surface area contributed by atoms with Crippen LogP contribution in [-0.2, 0) is 16.1 Å². The van der Waals surface area contributed by atoms with E-state index in [4.69, 9.17) is 4.74 Å². The first kappa shape index (κ1) is 18.0. The van der Waals surface area contributed by atoms with Gasteiger partial charge in [0.15, 0.2) is 0 Å². The summed E-state index contributed by atoms with van der Waals surface area (Å²) in [7, 11) is 0. The Kier molecular flexibility index (Phi) is 5.89. The number of aryl methyl sites for hydroxylation is 1. The fraction of sp³-hybridized carbons (Fsp3) is 0.333. The number of amides is 2. The Morgan fingerprint density at radius 3 is 2.62 bits per heavy atom. The lowest BCUT2D eigenvalue weighted by atomic mass is 10.1. The first-order chi connectivity index (χ1) is 12.6. The quantitative estimate of drug-likeness (QED) is 0.779. The number of carbonyl (C=O) groups excluding carboxylic acids is 2. The van der Waals surface area contributed by atoms with Gasteiger partial charge in [0, 0.05) is 19.5 Å². The third-order valence-corrected chi connectivity index (χ3v) is 4.49. The molecule has 0 spiro atoms. The molecule has 0 radical (unpaired) electrons. The summed E-state index contributed by atoms with van der Waals surface area (Å²) in [6.07, 6.45) is 0.275. The minimum Gasteiger partial charge on any atom is -0.492 e. The smallest absolute Gasteiger partial charge is 0.225 e. The number of benzene rings is 2. The Labute approximate surface area is 154 Å². The second-order valence-corrected chi connectivity index (χ2v) is 6.61. The van der Waals surface area contributed by atoms with Gasteiger partial charge in [-0.05, 0) is 24.6 Å². The van der Waals surface area contributed by atoms with Gasteiger partial charge in [-0.15, -0.1) is 0 Å². The highest BCUT2D eigenvalue weighted by Crippen LogP contribution is 2.20. The van der Waals surface area contributed by atoms with E-state index in [9.17, 15) is 9.59 Å². The van der Waals surface area contributed by atoms with E-state index in [2.05, 4.69) is 5.32 Å². The predicted molar refractivity (Wildman–Crippen MR) is 99.6 cm³/mol. The zero-order chi connectivity index (χ0) is 18.4. The summed E-state index contributed by atoms with van der Waals surface area (Å²) in [4.78, 5) is 26.2. The first-order valence-corrected chi connectivity index (χ1v) is 8.90. The molecule has 3 rings (SSSR count). The van der Waals surface area contributed by atoms with Crippen LogP contribution in [0.2, 0.25) is 0 Å². The molecule has 0 saturated carbocycles. The van der Waals surface area contributed by atoms with Gasteiger partial charge in [0.2, 0.25) is 11.8 Å². The summed E-state index contributed by atoms with van der Waals surface area (Å²) in [5.74, 6) is 0.451. The number of nitrogens with one attached hydrogen (secondary N) is 1. The van der Waals surface area contributed by atoms with Crippen molar-refractivity contribution in [3.8, 4) is 5.75 Å². The zero-order valence-corrected chi connectivity index (χ0v) is 15.0. The van der Waals surface area contributed by atoms with Gasteiger partial charge in [0.05, 0.1) is 12.5 Å². The van der Waals surface area contributed by atoms with Crippen LogP contribution in [0, 0.1) is 12.8 Å². The number of hydrogen-bond donors (Lipinski definition) is 1. The van der Waals surface area contributed by atoms with Crippen LogP contribution in [0.4, 0.5) is 0 Å². The minimum absolute atomic E-state index is 0.0323. The largest absolute Gasteiger partial charge is 0.492 e. The number of rotatable bonds is 7. The Hall–Kier alpha value is -2.82. The maximum absolute atomic E-state index is 12.3. The lowest BCUT2D eigenvalue weighted by Crippen LogP contribution is -2.35. The molecule has 2 amide bonds. The number of nitrogens with zero attached hydrogens (tertiary/aromatic N) is 1. The summed E-state index contributed by atoms with van der Waals surface area (Å²) >= 11 is 0. The second kappa shape index (κ2) is 8.52. The van der Waals surface area contributed by atoms with Gasteiger partial charge in [-0.1, -0.05) is 48.0 Å². The van der Waals surface area contributed by atoms with E-state index in [-0.39, 0.29) is 24.2 Å². The SMILES string of the molecule is Cc1ccc(OCCNC(=O)[C@@H]2CC(=O)N(Cc3ccccc3)C2)cc1. The van der Waals surface area contributed by atoms with Gasteiger partial charge in [-0.3, -0.25) is 9.59 Å². The first-order valence-electron chi connectivity index (χ1n) is 8.90. The van der Waals surface area contributed by atoms with Crippen LogP contribution in [0.1, 0.15) is 17.5 Å². The van der Waals surface area contributed by atoms with Crippen molar-refractivity contribution < 1.29 is 14.3 Å². The van der Waals surface area contributed by atoms with Crippen LogP contribution >= 0.6 is 0 Å². The molecule has 2 aromatic carbocycles. The molecule has 1 N–H and O–H groups in total. The van der Waals surface area contributed by atoms with Gasteiger partial charge >= 0.3 is 0 Å². The molecule has 0 aliphatic carbocycles. The number of carbonyl (C=O) groups is 2. The van der Waals surface area contributed by atoms with E-state index in [1.165, 1.54) is 5.56 Å². The number of likely N-dealkylation sites (tertiary alicyclic amines) is 1. The highest BCUT2D eigenvalue weighted by atomic mass is 16.5. The molecule has 1 fully saturated rings. The number of ether oxygens (including phenoxy) is 1. The van der Waals surface area contributed by atoms with Gasteiger partial charge in [0.25, 0.3) is 0 Å². The third-order valence-electron chi connectivity index (χ3n) is 4.49.